The summed E-state index contributed by atoms with van der Waals surface area (Å²) in [5.74, 6) is 0.245. The van der Waals surface area contributed by atoms with Crippen molar-refractivity contribution in [3.8, 4) is 11.8 Å². The predicted octanol–water partition coefficient (Wildman–Crippen LogP) is 3.20. The number of aromatic nitrogens is 4. The third-order valence-electron chi connectivity index (χ3n) is 3.95. The second-order valence-corrected chi connectivity index (χ2v) is 6.16. The highest BCUT2D eigenvalue weighted by Gasteiger charge is 2.12. The van der Waals surface area contributed by atoms with Crippen LogP contribution in [0.25, 0.3) is 5.57 Å². The Hall–Kier alpha value is -4.59. The highest BCUT2D eigenvalue weighted by Crippen LogP contribution is 2.27. The van der Waals surface area contributed by atoms with E-state index < -0.39 is 4.92 Å². The molecular formula is C19H16N8O3. The van der Waals surface area contributed by atoms with E-state index in [0.717, 1.165) is 11.1 Å². The molecule has 11 nitrogen and oxygen atoms in total. The van der Waals surface area contributed by atoms with Crippen LogP contribution in [0.1, 0.15) is 23.9 Å². The van der Waals surface area contributed by atoms with Crippen LogP contribution >= 0.6 is 0 Å². The van der Waals surface area contributed by atoms with Crippen LogP contribution in [0.3, 0.4) is 0 Å². The lowest BCUT2D eigenvalue weighted by atomic mass is 10.1. The molecule has 0 atom stereocenters. The number of benzene rings is 2. The van der Waals surface area contributed by atoms with E-state index in [9.17, 15) is 15.4 Å². The highest BCUT2D eigenvalue weighted by atomic mass is 16.6. The van der Waals surface area contributed by atoms with E-state index in [2.05, 4.69) is 31.1 Å². The quantitative estimate of drug-likeness (QED) is 0.263. The van der Waals surface area contributed by atoms with Crippen molar-refractivity contribution in [1.29, 1.82) is 5.26 Å². The normalized spacial score (nSPS) is 11.6. The van der Waals surface area contributed by atoms with Crippen molar-refractivity contribution in [2.24, 2.45) is 5.16 Å². The minimum Gasteiger partial charge on any atom is -0.360 e. The Kier molecular flexibility index (Phi) is 6.09. The minimum absolute atomic E-state index is 0.0882. The molecule has 2 N–H and O–H groups in total. The second kappa shape index (κ2) is 9.07. The van der Waals surface area contributed by atoms with Crippen LogP contribution in [-0.4, -0.2) is 31.3 Å². The summed E-state index contributed by atoms with van der Waals surface area (Å²) < 4.78 is 0. The van der Waals surface area contributed by atoms with Gasteiger partial charge in [-0.25, -0.2) is 0 Å². The Labute approximate surface area is 170 Å². The van der Waals surface area contributed by atoms with Crippen molar-refractivity contribution >= 4 is 22.7 Å². The van der Waals surface area contributed by atoms with Crippen LogP contribution in [0.15, 0.2) is 53.8 Å². The number of rotatable bonds is 7. The summed E-state index contributed by atoms with van der Waals surface area (Å²) in [7, 11) is 0. The Morgan fingerprint density at radius 1 is 1.33 bits per heavy atom. The first-order valence-electron chi connectivity index (χ1n) is 8.65. The van der Waals surface area contributed by atoms with E-state index in [1.165, 1.54) is 24.4 Å². The maximum Gasteiger partial charge on any atom is 0.275 e. The molecule has 0 spiro atoms. The number of H-pyrrole nitrogens is 1. The standard InChI is InChI=1S/C19H16N8O3/c1-12-3-5-14(6-4-12)13(2)24-30-18-8-16(7-17(9-18)27(28)29)21-11-15(10-20)19-22-25-26-23-19/h3-9,11,21H,1-2H3,(H,22,23,25,26). The number of nitro benzene ring substituents is 1. The van der Waals surface area contributed by atoms with Gasteiger partial charge in [-0.05, 0) is 24.6 Å². The van der Waals surface area contributed by atoms with Crippen molar-refractivity contribution in [3.05, 3.63) is 75.7 Å². The Bertz CT molecular complexity index is 1150. The average Bonchev–Trinajstić information content (AvgIpc) is 3.27. The molecule has 2 aromatic carbocycles. The van der Waals surface area contributed by atoms with E-state index in [-0.39, 0.29) is 22.8 Å². The molecule has 11 heteroatoms. The fourth-order valence-corrected chi connectivity index (χ4v) is 2.37. The van der Waals surface area contributed by atoms with Crippen molar-refractivity contribution in [3.63, 3.8) is 0 Å². The van der Waals surface area contributed by atoms with Crippen LogP contribution in [0.2, 0.25) is 0 Å². The number of tetrazole rings is 1. The van der Waals surface area contributed by atoms with E-state index >= 15 is 0 Å². The van der Waals surface area contributed by atoms with Gasteiger partial charge in [0.25, 0.3) is 5.69 Å². The summed E-state index contributed by atoms with van der Waals surface area (Å²) >= 11 is 0. The molecule has 150 valence electrons. The van der Waals surface area contributed by atoms with Gasteiger partial charge >= 0.3 is 0 Å². The molecule has 3 rings (SSSR count). The van der Waals surface area contributed by atoms with Crippen LogP contribution in [-0.2, 0) is 0 Å². The van der Waals surface area contributed by atoms with Gasteiger partial charge in [-0.2, -0.15) is 10.5 Å². The highest BCUT2D eigenvalue weighted by molar-refractivity contribution is 5.98. The Balaban J connectivity index is 1.84. The number of nitrogens with one attached hydrogen (secondary N) is 2. The molecule has 0 saturated carbocycles. The van der Waals surface area contributed by atoms with Gasteiger partial charge in [-0.15, -0.1) is 10.2 Å². The average molecular weight is 404 g/mol. The summed E-state index contributed by atoms with van der Waals surface area (Å²) in [5.41, 5.74) is 2.80. The first-order valence-corrected chi connectivity index (χ1v) is 8.65. The number of nitriles is 1. The molecule has 1 aromatic heterocycles. The van der Waals surface area contributed by atoms with E-state index in [1.807, 2.05) is 37.3 Å². The van der Waals surface area contributed by atoms with Gasteiger partial charge in [0.05, 0.1) is 16.7 Å². The van der Waals surface area contributed by atoms with E-state index in [0.29, 0.717) is 11.4 Å². The molecule has 0 amide bonds. The van der Waals surface area contributed by atoms with Crippen LogP contribution in [0.5, 0.6) is 5.75 Å². The second-order valence-electron chi connectivity index (χ2n) is 6.16. The van der Waals surface area contributed by atoms with Gasteiger partial charge in [0.15, 0.2) is 5.75 Å². The number of anilines is 1. The Morgan fingerprint density at radius 2 is 2.10 bits per heavy atom. The third-order valence-corrected chi connectivity index (χ3v) is 3.95. The van der Waals surface area contributed by atoms with Crippen LogP contribution in [0, 0.1) is 28.4 Å². The molecular weight excluding hydrogens is 388 g/mol. The van der Waals surface area contributed by atoms with Crippen molar-refractivity contribution < 1.29 is 9.76 Å². The SMILES string of the molecule is CC(=NOc1cc(NC=C(C#N)c2nn[nH]n2)cc([N+](=O)[O-])c1)c1ccc(C)cc1. The lowest BCUT2D eigenvalue weighted by molar-refractivity contribution is -0.384. The molecule has 0 aliphatic carbocycles. The number of oxime groups is 1. The number of hydrogen-bond acceptors (Lipinski definition) is 9. The van der Waals surface area contributed by atoms with Crippen LogP contribution < -0.4 is 10.2 Å². The van der Waals surface area contributed by atoms with Crippen molar-refractivity contribution in [1.82, 2.24) is 20.6 Å². The van der Waals surface area contributed by atoms with Gasteiger partial charge in [-0.1, -0.05) is 35.0 Å². The van der Waals surface area contributed by atoms with E-state index in [1.54, 1.807) is 6.92 Å². The zero-order valence-corrected chi connectivity index (χ0v) is 16.0. The topological polar surface area (TPSA) is 155 Å². The summed E-state index contributed by atoms with van der Waals surface area (Å²) in [4.78, 5) is 16.1. The molecule has 1 heterocycles. The summed E-state index contributed by atoms with van der Waals surface area (Å²) in [6.07, 6.45) is 1.31. The van der Waals surface area contributed by atoms with Gasteiger partial charge in [-0.3, -0.25) is 10.1 Å². The van der Waals surface area contributed by atoms with Crippen molar-refractivity contribution in [2.45, 2.75) is 13.8 Å². The monoisotopic (exact) mass is 404 g/mol. The number of aryl methyl sites for hydroxylation is 1. The first-order chi connectivity index (χ1) is 14.5. The molecule has 30 heavy (non-hydrogen) atoms. The van der Waals surface area contributed by atoms with Gasteiger partial charge < -0.3 is 10.2 Å². The molecule has 0 unspecified atom stereocenters. The predicted molar refractivity (Wildman–Crippen MR) is 109 cm³/mol. The summed E-state index contributed by atoms with van der Waals surface area (Å²) in [6.45, 7) is 3.75. The number of non-ortho nitro benzene ring substituents is 1. The maximum absolute atomic E-state index is 11.3. The largest absolute Gasteiger partial charge is 0.360 e. The maximum atomic E-state index is 11.3. The lowest BCUT2D eigenvalue weighted by Crippen LogP contribution is -1.99. The summed E-state index contributed by atoms with van der Waals surface area (Å²) in [6, 6.07) is 13.7. The summed E-state index contributed by atoms with van der Waals surface area (Å²) in [5, 5.41) is 40.4. The third kappa shape index (κ3) is 5.02. The Morgan fingerprint density at radius 3 is 2.73 bits per heavy atom. The van der Waals surface area contributed by atoms with Gasteiger partial charge in [0.2, 0.25) is 5.82 Å². The lowest BCUT2D eigenvalue weighted by Gasteiger charge is -2.06. The molecule has 0 radical (unpaired) electrons. The molecule has 0 aliphatic heterocycles. The number of aromatic amines is 1. The minimum atomic E-state index is -0.553. The zero-order valence-electron chi connectivity index (χ0n) is 16.0. The fourth-order valence-electron chi connectivity index (χ4n) is 2.37. The fraction of sp³-hybridized carbons (Fsp3) is 0.105. The first kappa shape index (κ1) is 20.2. The molecule has 0 aliphatic rings. The molecule has 0 bridgehead atoms. The van der Waals surface area contributed by atoms with E-state index in [4.69, 9.17) is 4.84 Å². The van der Waals surface area contributed by atoms with Crippen molar-refractivity contribution in [2.75, 3.05) is 5.32 Å². The number of nitro groups is 1. The smallest absolute Gasteiger partial charge is 0.275 e. The zero-order chi connectivity index (χ0) is 21.5. The van der Waals surface area contributed by atoms with Crippen LogP contribution in [0.4, 0.5) is 11.4 Å². The molecule has 0 saturated heterocycles. The van der Waals surface area contributed by atoms with Gasteiger partial charge in [0, 0.05) is 24.0 Å². The number of allylic oxidation sites excluding steroid dienone is 1. The number of hydrogen-bond donors (Lipinski definition) is 2. The molecule has 0 fully saturated rings. The molecule has 3 aromatic rings. The number of nitrogens with zero attached hydrogens (tertiary/aromatic N) is 6. The van der Waals surface area contributed by atoms with Gasteiger partial charge in [0.1, 0.15) is 11.6 Å².